The fourth-order valence-electron chi connectivity index (χ4n) is 2.57. The first-order valence-corrected chi connectivity index (χ1v) is 7.66. The number of aryl methyl sites for hydroxylation is 1. The molecule has 0 N–H and O–H groups in total. The fraction of sp³-hybridized carbons (Fsp3) is 0.278. The highest BCUT2D eigenvalue weighted by molar-refractivity contribution is 5.88. The summed E-state index contributed by atoms with van der Waals surface area (Å²) >= 11 is 0. The van der Waals surface area contributed by atoms with E-state index >= 15 is 0 Å². The van der Waals surface area contributed by atoms with E-state index in [2.05, 4.69) is 10.1 Å². The summed E-state index contributed by atoms with van der Waals surface area (Å²) in [6.45, 7) is 5.80. The number of aromatic nitrogens is 3. The van der Waals surface area contributed by atoms with Crippen molar-refractivity contribution in [2.45, 2.75) is 26.7 Å². The predicted molar refractivity (Wildman–Crippen MR) is 88.5 cm³/mol. The molecule has 0 saturated heterocycles. The minimum absolute atomic E-state index is 0.184. The zero-order chi connectivity index (χ0) is 17.4. The molecular formula is C18H18FN3O2. The molecule has 0 bridgehead atoms. The molecular weight excluding hydrogens is 309 g/mol. The molecule has 0 atom stereocenters. The number of imidazole rings is 1. The summed E-state index contributed by atoms with van der Waals surface area (Å²) < 4.78 is 19.8. The summed E-state index contributed by atoms with van der Waals surface area (Å²) in [5.74, 6) is -0.572. The first-order valence-electron chi connectivity index (χ1n) is 7.66. The molecule has 0 aliphatic carbocycles. The van der Waals surface area contributed by atoms with Crippen molar-refractivity contribution in [3.63, 3.8) is 0 Å². The summed E-state index contributed by atoms with van der Waals surface area (Å²) in [5, 5.41) is 4.52. The van der Waals surface area contributed by atoms with Gasteiger partial charge in [-0.05, 0) is 42.7 Å². The highest BCUT2D eigenvalue weighted by atomic mass is 19.1. The van der Waals surface area contributed by atoms with Gasteiger partial charge in [0.25, 0.3) is 0 Å². The van der Waals surface area contributed by atoms with Crippen LogP contribution in [0, 0.1) is 12.7 Å². The number of ether oxygens (including phenoxy) is 1. The number of benzene rings is 1. The molecule has 24 heavy (non-hydrogen) atoms. The zero-order valence-electron chi connectivity index (χ0n) is 14.0. The Bertz CT molecular complexity index is 931. The van der Waals surface area contributed by atoms with Crippen LogP contribution >= 0.6 is 0 Å². The molecule has 0 amide bonds. The number of rotatable bonds is 3. The Balaban J connectivity index is 2.22. The van der Waals surface area contributed by atoms with Crippen molar-refractivity contribution in [1.82, 2.24) is 14.6 Å². The van der Waals surface area contributed by atoms with E-state index in [1.54, 1.807) is 29.8 Å². The lowest BCUT2D eigenvalue weighted by Gasteiger charge is -2.10. The molecule has 124 valence electrons. The molecule has 0 aliphatic rings. The molecule has 0 saturated carbocycles. The third kappa shape index (κ3) is 2.75. The van der Waals surface area contributed by atoms with Crippen LogP contribution in [0.4, 0.5) is 4.39 Å². The minimum atomic E-state index is -0.505. The van der Waals surface area contributed by atoms with Gasteiger partial charge in [-0.25, -0.2) is 18.7 Å². The smallest absolute Gasteiger partial charge is 0.358 e. The molecule has 0 spiro atoms. The summed E-state index contributed by atoms with van der Waals surface area (Å²) in [6.07, 6.45) is 1.55. The van der Waals surface area contributed by atoms with Crippen molar-refractivity contribution < 1.29 is 13.9 Å². The van der Waals surface area contributed by atoms with Crippen LogP contribution in [0.5, 0.6) is 0 Å². The standard InChI is InChI=1S/C18H18FN3O2/c1-10(2)13-8-15(12-5-6-14(19)11(3)7-12)21-22-9-16(18(23)24-4)20-17(13)22/h5-10H,1-4H3. The third-order valence-corrected chi connectivity index (χ3v) is 3.92. The molecule has 1 aromatic carbocycles. The minimum Gasteiger partial charge on any atom is -0.464 e. The van der Waals surface area contributed by atoms with Gasteiger partial charge in [-0.1, -0.05) is 13.8 Å². The summed E-state index contributed by atoms with van der Waals surface area (Å²) in [6, 6.07) is 6.81. The van der Waals surface area contributed by atoms with Gasteiger partial charge >= 0.3 is 5.97 Å². The molecule has 6 heteroatoms. The van der Waals surface area contributed by atoms with Crippen LogP contribution in [0.15, 0.2) is 30.5 Å². The SMILES string of the molecule is COC(=O)c1cn2nc(-c3ccc(F)c(C)c3)cc(C(C)C)c2n1. The quantitative estimate of drug-likeness (QED) is 0.687. The average Bonchev–Trinajstić information content (AvgIpc) is 2.99. The number of esters is 1. The van der Waals surface area contributed by atoms with Gasteiger partial charge in [0.15, 0.2) is 11.3 Å². The highest BCUT2D eigenvalue weighted by Gasteiger charge is 2.17. The summed E-state index contributed by atoms with van der Waals surface area (Å²) in [4.78, 5) is 16.1. The van der Waals surface area contributed by atoms with Gasteiger partial charge < -0.3 is 4.74 Å². The van der Waals surface area contributed by atoms with Crippen molar-refractivity contribution in [3.05, 3.63) is 53.1 Å². The van der Waals surface area contributed by atoms with Gasteiger partial charge in [0, 0.05) is 11.1 Å². The molecule has 2 aromatic heterocycles. The molecule has 2 heterocycles. The van der Waals surface area contributed by atoms with Crippen molar-refractivity contribution in [1.29, 1.82) is 0 Å². The van der Waals surface area contributed by atoms with E-state index in [-0.39, 0.29) is 17.4 Å². The molecule has 0 radical (unpaired) electrons. The monoisotopic (exact) mass is 327 g/mol. The Morgan fingerprint density at radius 1 is 1.29 bits per heavy atom. The number of halogens is 1. The van der Waals surface area contributed by atoms with Crippen LogP contribution in [-0.2, 0) is 4.74 Å². The summed E-state index contributed by atoms with van der Waals surface area (Å²) in [7, 11) is 1.32. The number of carbonyl (C=O) groups excluding carboxylic acids is 1. The molecule has 3 rings (SSSR count). The van der Waals surface area contributed by atoms with E-state index in [1.165, 1.54) is 13.2 Å². The van der Waals surface area contributed by atoms with Crippen LogP contribution < -0.4 is 0 Å². The zero-order valence-corrected chi connectivity index (χ0v) is 14.0. The fourth-order valence-corrected chi connectivity index (χ4v) is 2.57. The van der Waals surface area contributed by atoms with E-state index < -0.39 is 5.97 Å². The van der Waals surface area contributed by atoms with Crippen LogP contribution in [0.2, 0.25) is 0 Å². The van der Waals surface area contributed by atoms with Crippen molar-refractivity contribution in [2.75, 3.05) is 7.11 Å². The molecule has 5 nitrogen and oxygen atoms in total. The maximum atomic E-state index is 13.5. The van der Waals surface area contributed by atoms with Crippen LogP contribution in [0.1, 0.15) is 41.4 Å². The first kappa shape index (κ1) is 16.1. The van der Waals surface area contributed by atoms with Crippen molar-refractivity contribution in [2.24, 2.45) is 0 Å². The second-order valence-corrected chi connectivity index (χ2v) is 5.99. The maximum Gasteiger partial charge on any atom is 0.358 e. The van der Waals surface area contributed by atoms with E-state index in [4.69, 9.17) is 4.74 Å². The number of carbonyl (C=O) groups is 1. The Hall–Kier alpha value is -2.76. The number of methoxy groups -OCH3 is 1. The molecule has 0 unspecified atom stereocenters. The van der Waals surface area contributed by atoms with Gasteiger partial charge in [0.2, 0.25) is 0 Å². The van der Waals surface area contributed by atoms with E-state index in [0.29, 0.717) is 16.9 Å². The number of nitrogens with zero attached hydrogens (tertiary/aromatic N) is 3. The van der Waals surface area contributed by atoms with Crippen molar-refractivity contribution in [3.8, 4) is 11.3 Å². The highest BCUT2D eigenvalue weighted by Crippen LogP contribution is 2.26. The summed E-state index contributed by atoms with van der Waals surface area (Å²) in [5.41, 5.74) is 3.85. The molecule has 0 aliphatic heterocycles. The number of fused-ring (bicyclic) bond motifs is 1. The lowest BCUT2D eigenvalue weighted by Crippen LogP contribution is -2.01. The Morgan fingerprint density at radius 3 is 2.67 bits per heavy atom. The average molecular weight is 327 g/mol. The topological polar surface area (TPSA) is 56.5 Å². The number of hydrogen-bond donors (Lipinski definition) is 0. The molecule has 0 fully saturated rings. The lowest BCUT2D eigenvalue weighted by atomic mass is 10.0. The van der Waals surface area contributed by atoms with Crippen LogP contribution in [0.25, 0.3) is 16.9 Å². The Labute approximate surface area is 139 Å². The van der Waals surface area contributed by atoms with Crippen LogP contribution in [-0.4, -0.2) is 27.7 Å². The van der Waals surface area contributed by atoms with E-state index in [9.17, 15) is 9.18 Å². The van der Waals surface area contributed by atoms with Gasteiger partial charge in [0.1, 0.15) is 5.82 Å². The Kier molecular flexibility index (Phi) is 4.05. The van der Waals surface area contributed by atoms with Gasteiger partial charge in [-0.2, -0.15) is 5.10 Å². The second kappa shape index (κ2) is 6.03. The van der Waals surface area contributed by atoms with Crippen molar-refractivity contribution >= 4 is 11.6 Å². The van der Waals surface area contributed by atoms with E-state index in [1.807, 2.05) is 19.9 Å². The van der Waals surface area contributed by atoms with Gasteiger partial charge in [0.05, 0.1) is 19.0 Å². The van der Waals surface area contributed by atoms with Crippen LogP contribution in [0.3, 0.4) is 0 Å². The first-order chi connectivity index (χ1) is 11.4. The second-order valence-electron chi connectivity index (χ2n) is 5.99. The molecule has 3 aromatic rings. The van der Waals surface area contributed by atoms with E-state index in [0.717, 1.165) is 11.1 Å². The maximum absolute atomic E-state index is 13.5. The lowest BCUT2D eigenvalue weighted by molar-refractivity contribution is 0.0594. The predicted octanol–water partition coefficient (Wildman–Crippen LogP) is 3.75. The largest absolute Gasteiger partial charge is 0.464 e. The Morgan fingerprint density at radius 2 is 2.04 bits per heavy atom. The third-order valence-electron chi connectivity index (χ3n) is 3.92. The van der Waals surface area contributed by atoms with Gasteiger partial charge in [-0.3, -0.25) is 0 Å². The van der Waals surface area contributed by atoms with Gasteiger partial charge in [-0.15, -0.1) is 0 Å². The normalized spacial score (nSPS) is 11.2. The number of hydrogen-bond acceptors (Lipinski definition) is 4.